The van der Waals surface area contributed by atoms with E-state index in [1.807, 2.05) is 66.9 Å². The number of anilines is 2. The fourth-order valence-corrected chi connectivity index (χ4v) is 5.04. The number of carbonyl (C=O) groups excluding carboxylic acids is 2. The van der Waals surface area contributed by atoms with Crippen LogP contribution in [0.5, 0.6) is 5.75 Å². The van der Waals surface area contributed by atoms with Crippen LogP contribution in [0.2, 0.25) is 0 Å². The molecular formula is C28H23N3O3S2. The molecule has 0 bridgehead atoms. The van der Waals surface area contributed by atoms with Gasteiger partial charge in [0.15, 0.2) is 6.61 Å². The predicted octanol–water partition coefficient (Wildman–Crippen LogP) is 6.34. The van der Waals surface area contributed by atoms with Crippen molar-refractivity contribution in [2.24, 2.45) is 0 Å². The summed E-state index contributed by atoms with van der Waals surface area (Å²) < 4.78 is 5.47. The topological polar surface area (TPSA) is 91.2 Å². The molecule has 4 aromatic rings. The van der Waals surface area contributed by atoms with E-state index in [2.05, 4.69) is 16.7 Å². The van der Waals surface area contributed by atoms with Crippen molar-refractivity contribution in [3.63, 3.8) is 0 Å². The van der Waals surface area contributed by atoms with E-state index in [0.29, 0.717) is 22.0 Å². The Balaban J connectivity index is 1.31. The Morgan fingerprint density at radius 2 is 1.75 bits per heavy atom. The van der Waals surface area contributed by atoms with Gasteiger partial charge in [0.1, 0.15) is 16.8 Å². The van der Waals surface area contributed by atoms with Gasteiger partial charge in [-0.15, -0.1) is 23.1 Å². The van der Waals surface area contributed by atoms with Crippen LogP contribution in [0.15, 0.2) is 89.1 Å². The molecule has 0 atom stereocenters. The molecule has 6 nitrogen and oxygen atoms in total. The molecule has 0 aliphatic carbocycles. The van der Waals surface area contributed by atoms with Crippen molar-refractivity contribution in [2.75, 3.05) is 23.0 Å². The number of hydrogen-bond acceptors (Lipinski definition) is 6. The number of thioether (sulfide) groups is 1. The van der Waals surface area contributed by atoms with Crippen molar-refractivity contribution in [3.05, 3.63) is 95.4 Å². The van der Waals surface area contributed by atoms with Gasteiger partial charge in [-0.1, -0.05) is 54.1 Å². The molecule has 0 unspecified atom stereocenters. The lowest BCUT2D eigenvalue weighted by Gasteiger charge is -2.09. The molecule has 36 heavy (non-hydrogen) atoms. The summed E-state index contributed by atoms with van der Waals surface area (Å²) >= 11 is 2.68. The number of ether oxygens (including phenoxy) is 1. The molecule has 0 spiro atoms. The summed E-state index contributed by atoms with van der Waals surface area (Å²) in [6, 6.07) is 26.6. The van der Waals surface area contributed by atoms with E-state index in [4.69, 9.17) is 4.74 Å². The quantitative estimate of drug-likeness (QED) is 0.255. The van der Waals surface area contributed by atoms with E-state index in [0.717, 1.165) is 21.6 Å². The lowest BCUT2D eigenvalue weighted by molar-refractivity contribution is -0.118. The molecule has 0 aliphatic rings. The summed E-state index contributed by atoms with van der Waals surface area (Å²) in [6.45, 7) is 1.91. The van der Waals surface area contributed by atoms with Crippen molar-refractivity contribution in [1.29, 1.82) is 5.26 Å². The van der Waals surface area contributed by atoms with Crippen molar-refractivity contribution in [3.8, 4) is 22.9 Å². The van der Waals surface area contributed by atoms with Gasteiger partial charge in [0.2, 0.25) is 5.91 Å². The summed E-state index contributed by atoms with van der Waals surface area (Å²) in [5, 5.41) is 17.8. The summed E-state index contributed by atoms with van der Waals surface area (Å²) in [5.74, 6) is 0.306. The lowest BCUT2D eigenvalue weighted by Crippen LogP contribution is -2.20. The first-order chi connectivity index (χ1) is 17.5. The molecular weight excluding hydrogens is 490 g/mol. The number of amides is 2. The van der Waals surface area contributed by atoms with Gasteiger partial charge in [-0.3, -0.25) is 9.59 Å². The molecule has 8 heteroatoms. The monoisotopic (exact) mass is 513 g/mol. The zero-order valence-corrected chi connectivity index (χ0v) is 21.1. The summed E-state index contributed by atoms with van der Waals surface area (Å²) in [4.78, 5) is 25.7. The number of thiophene rings is 1. The third kappa shape index (κ3) is 6.75. The first-order valence-electron chi connectivity index (χ1n) is 11.1. The maximum Gasteiger partial charge on any atom is 0.262 e. The number of benzene rings is 3. The normalized spacial score (nSPS) is 10.3. The van der Waals surface area contributed by atoms with Gasteiger partial charge >= 0.3 is 0 Å². The number of rotatable bonds is 9. The van der Waals surface area contributed by atoms with Gasteiger partial charge < -0.3 is 15.4 Å². The van der Waals surface area contributed by atoms with Crippen LogP contribution in [0.25, 0.3) is 11.1 Å². The predicted molar refractivity (Wildman–Crippen MR) is 146 cm³/mol. The molecule has 2 N–H and O–H groups in total. The van der Waals surface area contributed by atoms with Gasteiger partial charge in [-0.05, 0) is 42.8 Å². The minimum atomic E-state index is -0.273. The lowest BCUT2D eigenvalue weighted by atomic mass is 10.0. The molecule has 1 heterocycles. The second kappa shape index (κ2) is 12.1. The number of aryl methyl sites for hydroxylation is 1. The Morgan fingerprint density at radius 1 is 0.972 bits per heavy atom. The molecule has 0 saturated carbocycles. The first-order valence-corrected chi connectivity index (χ1v) is 13.0. The SMILES string of the molecule is Cc1ccc(-c2csc(NC(=O)CSc3cccc(NC(=O)COc4ccccc4)c3)c2C#N)cc1. The van der Waals surface area contributed by atoms with Crippen LogP contribution in [0.3, 0.4) is 0 Å². The Labute approximate surface area is 217 Å². The number of carbonyl (C=O) groups is 2. The molecule has 0 saturated heterocycles. The van der Waals surface area contributed by atoms with E-state index in [-0.39, 0.29) is 24.2 Å². The van der Waals surface area contributed by atoms with Crippen LogP contribution in [-0.4, -0.2) is 24.2 Å². The summed E-state index contributed by atoms with van der Waals surface area (Å²) in [5.41, 5.74) is 3.98. The van der Waals surface area contributed by atoms with E-state index in [1.54, 1.807) is 24.3 Å². The molecule has 0 aliphatic heterocycles. The molecule has 180 valence electrons. The van der Waals surface area contributed by atoms with Crippen LogP contribution >= 0.6 is 23.1 Å². The Hall–Kier alpha value is -4.06. The molecule has 4 rings (SSSR count). The molecule has 0 fully saturated rings. The summed E-state index contributed by atoms with van der Waals surface area (Å²) in [6.07, 6.45) is 0. The summed E-state index contributed by atoms with van der Waals surface area (Å²) in [7, 11) is 0. The highest BCUT2D eigenvalue weighted by Gasteiger charge is 2.15. The van der Waals surface area contributed by atoms with Crippen molar-refractivity contribution in [2.45, 2.75) is 11.8 Å². The van der Waals surface area contributed by atoms with Crippen LogP contribution in [0.4, 0.5) is 10.7 Å². The zero-order valence-electron chi connectivity index (χ0n) is 19.5. The number of hydrogen-bond donors (Lipinski definition) is 2. The minimum Gasteiger partial charge on any atom is -0.484 e. The van der Waals surface area contributed by atoms with Gasteiger partial charge in [0.25, 0.3) is 5.91 Å². The fraction of sp³-hybridized carbons (Fsp3) is 0.107. The maximum atomic E-state index is 12.6. The maximum absolute atomic E-state index is 12.6. The molecule has 0 radical (unpaired) electrons. The Kier molecular flexibility index (Phi) is 8.40. The largest absolute Gasteiger partial charge is 0.484 e. The second-order valence-electron chi connectivity index (χ2n) is 7.85. The van der Waals surface area contributed by atoms with E-state index in [9.17, 15) is 14.9 Å². The molecule has 2 amide bonds. The average molecular weight is 514 g/mol. The highest BCUT2D eigenvalue weighted by atomic mass is 32.2. The van der Waals surface area contributed by atoms with Crippen molar-refractivity contribution >= 4 is 45.6 Å². The average Bonchev–Trinajstić information content (AvgIpc) is 3.30. The van der Waals surface area contributed by atoms with E-state index >= 15 is 0 Å². The zero-order chi connectivity index (χ0) is 25.3. The Bertz CT molecular complexity index is 1390. The number of nitrogens with zero attached hydrogens (tertiary/aromatic N) is 1. The van der Waals surface area contributed by atoms with Crippen LogP contribution < -0.4 is 15.4 Å². The standard InChI is InChI=1S/C28H23N3O3S2/c1-19-10-12-20(13-11-19)25-17-36-28(24(25)15-29)31-27(33)18-35-23-9-5-6-21(14-23)30-26(32)16-34-22-7-3-2-4-8-22/h2-14,17H,16,18H2,1H3,(H,30,32)(H,31,33). The van der Waals surface area contributed by atoms with Crippen LogP contribution in [-0.2, 0) is 9.59 Å². The highest BCUT2D eigenvalue weighted by molar-refractivity contribution is 8.00. The van der Waals surface area contributed by atoms with E-state index in [1.165, 1.54) is 23.1 Å². The third-order valence-corrected chi connectivity index (χ3v) is 7.01. The van der Waals surface area contributed by atoms with Gasteiger partial charge in [-0.2, -0.15) is 5.26 Å². The number of nitriles is 1. The molecule has 1 aromatic heterocycles. The van der Waals surface area contributed by atoms with Crippen molar-refractivity contribution < 1.29 is 14.3 Å². The minimum absolute atomic E-state index is 0.101. The van der Waals surface area contributed by atoms with Gasteiger partial charge in [-0.25, -0.2) is 0 Å². The Morgan fingerprint density at radius 3 is 2.50 bits per heavy atom. The van der Waals surface area contributed by atoms with Gasteiger partial charge in [0, 0.05) is 21.5 Å². The van der Waals surface area contributed by atoms with Gasteiger partial charge in [0.05, 0.1) is 11.3 Å². The first kappa shape index (κ1) is 25.0. The molecule has 3 aromatic carbocycles. The van der Waals surface area contributed by atoms with Crippen LogP contribution in [0, 0.1) is 18.3 Å². The van der Waals surface area contributed by atoms with Crippen LogP contribution in [0.1, 0.15) is 11.1 Å². The highest BCUT2D eigenvalue weighted by Crippen LogP contribution is 2.35. The number of para-hydroxylation sites is 1. The van der Waals surface area contributed by atoms with Crippen molar-refractivity contribution in [1.82, 2.24) is 0 Å². The second-order valence-corrected chi connectivity index (χ2v) is 9.77. The third-order valence-electron chi connectivity index (χ3n) is 5.12. The smallest absolute Gasteiger partial charge is 0.262 e. The fourth-order valence-electron chi connectivity index (χ4n) is 3.34. The van der Waals surface area contributed by atoms with E-state index < -0.39 is 0 Å². The number of nitrogens with one attached hydrogen (secondary N) is 2.